The lowest BCUT2D eigenvalue weighted by molar-refractivity contribution is -0.148. The van der Waals surface area contributed by atoms with Gasteiger partial charge in [-0.2, -0.15) is 0 Å². The highest BCUT2D eigenvalue weighted by Crippen LogP contribution is 2.27. The Kier molecular flexibility index (Phi) is 5.76. The number of methoxy groups -OCH3 is 1. The minimum atomic E-state index is -0.673. The summed E-state index contributed by atoms with van der Waals surface area (Å²) in [4.78, 5) is 35.9. The van der Waals surface area contributed by atoms with E-state index in [1.54, 1.807) is 0 Å². The molecule has 118 valence electrons. The van der Waals surface area contributed by atoms with E-state index in [9.17, 15) is 14.4 Å². The number of hydrogen-bond donors (Lipinski definition) is 1. The van der Waals surface area contributed by atoms with Crippen molar-refractivity contribution in [3.8, 4) is 0 Å². The third kappa shape index (κ3) is 4.29. The number of carbonyl (C=O) groups excluding carboxylic acids is 3. The standard InChI is InChI=1S/C16H25NO4/c1-21-16(20)14(12-8-5-9-13(18)10-12)17-15(19)11-6-3-2-4-7-11/h11-12,14H,2-10H2,1H3,(H,17,19)/t12-,14+/m1/s1. The summed E-state index contributed by atoms with van der Waals surface area (Å²) in [6.07, 6.45) is 7.64. The largest absolute Gasteiger partial charge is 0.467 e. The average molecular weight is 295 g/mol. The Morgan fingerprint density at radius 3 is 2.48 bits per heavy atom. The molecule has 0 aromatic rings. The van der Waals surface area contributed by atoms with Gasteiger partial charge in [0.15, 0.2) is 0 Å². The van der Waals surface area contributed by atoms with Crippen LogP contribution >= 0.6 is 0 Å². The van der Waals surface area contributed by atoms with Gasteiger partial charge in [0.25, 0.3) is 0 Å². The van der Waals surface area contributed by atoms with Gasteiger partial charge in [0.1, 0.15) is 11.8 Å². The molecule has 1 N–H and O–H groups in total. The van der Waals surface area contributed by atoms with E-state index in [1.807, 2.05) is 0 Å². The Hall–Kier alpha value is -1.39. The maximum absolute atomic E-state index is 12.3. The summed E-state index contributed by atoms with van der Waals surface area (Å²) in [5, 5.41) is 2.86. The number of esters is 1. The summed E-state index contributed by atoms with van der Waals surface area (Å²) in [6.45, 7) is 0. The SMILES string of the molecule is COC(=O)[C@@H](NC(=O)C1CCCCC1)[C@@H]1CCCC(=O)C1. The van der Waals surface area contributed by atoms with E-state index >= 15 is 0 Å². The van der Waals surface area contributed by atoms with Crippen LogP contribution in [0.3, 0.4) is 0 Å². The number of nitrogens with one attached hydrogen (secondary N) is 1. The van der Waals surface area contributed by atoms with Gasteiger partial charge in [0.2, 0.25) is 5.91 Å². The zero-order valence-corrected chi connectivity index (χ0v) is 12.7. The van der Waals surface area contributed by atoms with E-state index in [0.29, 0.717) is 12.8 Å². The number of rotatable bonds is 4. The Morgan fingerprint density at radius 1 is 1.14 bits per heavy atom. The van der Waals surface area contributed by atoms with Crippen molar-refractivity contribution in [2.45, 2.75) is 63.8 Å². The van der Waals surface area contributed by atoms with E-state index in [-0.39, 0.29) is 23.5 Å². The molecule has 2 rings (SSSR count). The first-order valence-electron chi connectivity index (χ1n) is 8.01. The highest BCUT2D eigenvalue weighted by molar-refractivity contribution is 5.87. The summed E-state index contributed by atoms with van der Waals surface area (Å²) in [5.74, 6) is -0.425. The molecule has 2 fully saturated rings. The van der Waals surface area contributed by atoms with Crippen molar-refractivity contribution in [2.75, 3.05) is 7.11 Å². The molecular formula is C16H25NO4. The van der Waals surface area contributed by atoms with Crippen LogP contribution in [0, 0.1) is 11.8 Å². The zero-order chi connectivity index (χ0) is 15.2. The lowest BCUT2D eigenvalue weighted by Crippen LogP contribution is -2.49. The quantitative estimate of drug-likeness (QED) is 0.805. The van der Waals surface area contributed by atoms with Crippen LogP contribution in [0.2, 0.25) is 0 Å². The second-order valence-corrected chi connectivity index (χ2v) is 6.24. The predicted octanol–water partition coefficient (Wildman–Crippen LogP) is 1.98. The number of hydrogen-bond acceptors (Lipinski definition) is 4. The molecule has 0 aliphatic heterocycles. The van der Waals surface area contributed by atoms with Crippen LogP contribution in [0.15, 0.2) is 0 Å². The zero-order valence-electron chi connectivity index (χ0n) is 12.7. The summed E-state index contributed by atoms with van der Waals surface area (Å²) in [5.41, 5.74) is 0. The number of ketones is 1. The van der Waals surface area contributed by atoms with Crippen LogP contribution in [0.5, 0.6) is 0 Å². The molecule has 0 bridgehead atoms. The topological polar surface area (TPSA) is 72.5 Å². The van der Waals surface area contributed by atoms with Crippen LogP contribution in [0.25, 0.3) is 0 Å². The third-order valence-corrected chi connectivity index (χ3v) is 4.72. The summed E-state index contributed by atoms with van der Waals surface area (Å²) < 4.78 is 4.82. The number of amides is 1. The molecule has 0 saturated heterocycles. The molecule has 2 aliphatic rings. The van der Waals surface area contributed by atoms with E-state index in [1.165, 1.54) is 13.5 Å². The fourth-order valence-corrected chi connectivity index (χ4v) is 3.47. The maximum Gasteiger partial charge on any atom is 0.328 e. The molecule has 1 amide bonds. The van der Waals surface area contributed by atoms with Crippen molar-refractivity contribution in [2.24, 2.45) is 11.8 Å². The highest BCUT2D eigenvalue weighted by Gasteiger charge is 2.35. The molecule has 5 nitrogen and oxygen atoms in total. The minimum Gasteiger partial charge on any atom is -0.467 e. The predicted molar refractivity (Wildman–Crippen MR) is 77.5 cm³/mol. The van der Waals surface area contributed by atoms with Crippen molar-refractivity contribution in [1.82, 2.24) is 5.32 Å². The van der Waals surface area contributed by atoms with Gasteiger partial charge in [-0.15, -0.1) is 0 Å². The van der Waals surface area contributed by atoms with Crippen molar-refractivity contribution in [1.29, 1.82) is 0 Å². The maximum atomic E-state index is 12.3. The Labute approximate surface area is 125 Å². The van der Waals surface area contributed by atoms with Crippen molar-refractivity contribution in [3.05, 3.63) is 0 Å². The fraction of sp³-hybridized carbons (Fsp3) is 0.812. The van der Waals surface area contributed by atoms with Gasteiger partial charge in [0, 0.05) is 18.8 Å². The Balaban J connectivity index is 2.00. The van der Waals surface area contributed by atoms with E-state index in [4.69, 9.17) is 4.74 Å². The molecule has 2 saturated carbocycles. The molecule has 5 heteroatoms. The Bertz CT molecular complexity index is 401. The van der Waals surface area contributed by atoms with Gasteiger partial charge in [-0.25, -0.2) is 4.79 Å². The highest BCUT2D eigenvalue weighted by atomic mass is 16.5. The molecule has 0 aromatic carbocycles. The Morgan fingerprint density at radius 2 is 1.86 bits per heavy atom. The second-order valence-electron chi connectivity index (χ2n) is 6.24. The van der Waals surface area contributed by atoms with E-state index < -0.39 is 12.0 Å². The van der Waals surface area contributed by atoms with Crippen molar-refractivity contribution >= 4 is 17.7 Å². The minimum absolute atomic E-state index is 0.00481. The van der Waals surface area contributed by atoms with E-state index in [0.717, 1.165) is 38.5 Å². The fourth-order valence-electron chi connectivity index (χ4n) is 3.47. The third-order valence-electron chi connectivity index (χ3n) is 4.72. The molecular weight excluding hydrogens is 270 g/mol. The normalized spacial score (nSPS) is 25.2. The summed E-state index contributed by atoms with van der Waals surface area (Å²) in [6, 6.07) is -0.673. The number of ether oxygens (including phenoxy) is 1. The first kappa shape index (κ1) is 16.0. The van der Waals surface area contributed by atoms with Gasteiger partial charge >= 0.3 is 5.97 Å². The van der Waals surface area contributed by atoms with Crippen LogP contribution in [-0.4, -0.2) is 30.8 Å². The number of carbonyl (C=O) groups is 3. The van der Waals surface area contributed by atoms with Crippen LogP contribution < -0.4 is 5.32 Å². The first-order valence-corrected chi connectivity index (χ1v) is 8.01. The average Bonchev–Trinajstić information content (AvgIpc) is 2.52. The van der Waals surface area contributed by atoms with Crippen LogP contribution in [-0.2, 0) is 19.1 Å². The molecule has 0 aromatic heterocycles. The molecule has 0 unspecified atom stereocenters. The first-order chi connectivity index (χ1) is 10.1. The van der Waals surface area contributed by atoms with E-state index in [2.05, 4.69) is 5.32 Å². The lowest BCUT2D eigenvalue weighted by Gasteiger charge is -2.30. The van der Waals surface area contributed by atoms with Gasteiger partial charge in [0.05, 0.1) is 7.11 Å². The van der Waals surface area contributed by atoms with Crippen LogP contribution in [0.1, 0.15) is 57.8 Å². The van der Waals surface area contributed by atoms with Gasteiger partial charge in [-0.1, -0.05) is 19.3 Å². The smallest absolute Gasteiger partial charge is 0.328 e. The van der Waals surface area contributed by atoms with Gasteiger partial charge < -0.3 is 10.1 Å². The molecule has 2 atom stereocenters. The van der Waals surface area contributed by atoms with Gasteiger partial charge in [-0.05, 0) is 31.6 Å². The monoisotopic (exact) mass is 295 g/mol. The number of Topliss-reactive ketones (excluding diaryl/α,β-unsaturated/α-hetero) is 1. The van der Waals surface area contributed by atoms with Crippen LogP contribution in [0.4, 0.5) is 0 Å². The van der Waals surface area contributed by atoms with Gasteiger partial charge in [-0.3, -0.25) is 9.59 Å². The van der Waals surface area contributed by atoms with Crippen molar-refractivity contribution in [3.63, 3.8) is 0 Å². The van der Waals surface area contributed by atoms with Crippen molar-refractivity contribution < 1.29 is 19.1 Å². The molecule has 0 radical (unpaired) electrons. The summed E-state index contributed by atoms with van der Waals surface area (Å²) in [7, 11) is 1.33. The molecule has 2 aliphatic carbocycles. The lowest BCUT2D eigenvalue weighted by atomic mass is 9.82. The molecule has 21 heavy (non-hydrogen) atoms. The summed E-state index contributed by atoms with van der Waals surface area (Å²) >= 11 is 0. The molecule has 0 spiro atoms. The second kappa shape index (κ2) is 7.57. The molecule has 0 heterocycles.